The number of hydrogen-bond acceptors (Lipinski definition) is 0. The molecule has 0 fully saturated rings. The molecule has 0 aliphatic heterocycles. The topological polar surface area (TPSA) is 16.6 Å². The largest absolute Gasteiger partial charge is 0.473 e. The van der Waals surface area contributed by atoms with Crippen LogP contribution in [-0.4, -0.2) is 0 Å². The Morgan fingerprint density at radius 1 is 1.36 bits per heavy atom. The molecule has 0 aliphatic rings. The van der Waals surface area contributed by atoms with Gasteiger partial charge in [0.2, 0.25) is 0 Å². The van der Waals surface area contributed by atoms with E-state index in [0.29, 0.717) is 6.04 Å². The average molecular weight is 153 g/mol. The van der Waals surface area contributed by atoms with Crippen molar-refractivity contribution in [2.24, 2.45) is 0 Å². The Bertz CT molecular complexity index is 218. The van der Waals surface area contributed by atoms with Gasteiger partial charge in [-0.1, -0.05) is 12.1 Å². The molecular formula is C9H12FN. The van der Waals surface area contributed by atoms with Gasteiger partial charge in [0.1, 0.15) is 5.82 Å². The summed E-state index contributed by atoms with van der Waals surface area (Å²) in [5, 5.41) is 1.84. The lowest BCUT2D eigenvalue weighted by molar-refractivity contribution is -0.637. The van der Waals surface area contributed by atoms with Gasteiger partial charge < -0.3 is 5.32 Å². The van der Waals surface area contributed by atoms with Gasteiger partial charge in [0.15, 0.2) is 0 Å². The third-order valence-electron chi connectivity index (χ3n) is 1.75. The summed E-state index contributed by atoms with van der Waals surface area (Å²) < 4.78 is 12.4. The molecule has 60 valence electrons. The Hall–Kier alpha value is -0.890. The fourth-order valence-electron chi connectivity index (χ4n) is 0.902. The molecule has 2 heteroatoms. The highest BCUT2D eigenvalue weighted by Crippen LogP contribution is 2.08. The normalized spacial score (nSPS) is 13.0. The van der Waals surface area contributed by atoms with Crippen LogP contribution in [0.15, 0.2) is 24.3 Å². The molecule has 0 aromatic heterocycles. The van der Waals surface area contributed by atoms with Crippen LogP contribution in [0.5, 0.6) is 0 Å². The quantitative estimate of drug-likeness (QED) is 0.616. The Balaban J connectivity index is 2.81. The number of quaternary nitrogens is 1. The summed E-state index contributed by atoms with van der Waals surface area (Å²) >= 11 is 0. The lowest BCUT2D eigenvalue weighted by Crippen LogP contribution is -2.77. The molecule has 0 spiro atoms. The van der Waals surface area contributed by atoms with Gasteiger partial charge in [-0.3, -0.25) is 0 Å². The molecule has 1 atom stereocenters. The van der Waals surface area contributed by atoms with Crippen molar-refractivity contribution in [3.8, 4) is 0 Å². The predicted octanol–water partition coefficient (Wildman–Crippen LogP) is 1.24. The lowest BCUT2D eigenvalue weighted by atomic mass is 10.1. The van der Waals surface area contributed by atoms with Crippen molar-refractivity contribution in [1.29, 1.82) is 0 Å². The molecule has 2 N–H and O–H groups in total. The van der Waals surface area contributed by atoms with E-state index in [1.165, 1.54) is 12.1 Å². The second-order valence-electron chi connectivity index (χ2n) is 2.58. The third-order valence-corrected chi connectivity index (χ3v) is 1.75. The molecule has 0 bridgehead atoms. The molecule has 1 rings (SSSR count). The monoisotopic (exact) mass is 153 g/mol. The SMILES string of the molecule is [CH2-][NH2+][C@H](C)c1ccc(F)cc1. The summed E-state index contributed by atoms with van der Waals surface area (Å²) in [7, 11) is 3.67. The van der Waals surface area contributed by atoms with Crippen LogP contribution < -0.4 is 5.32 Å². The van der Waals surface area contributed by atoms with Crippen LogP contribution in [-0.2, 0) is 0 Å². The van der Waals surface area contributed by atoms with E-state index >= 15 is 0 Å². The molecule has 0 saturated heterocycles. The van der Waals surface area contributed by atoms with E-state index in [0.717, 1.165) is 5.56 Å². The molecule has 1 aromatic carbocycles. The van der Waals surface area contributed by atoms with Crippen molar-refractivity contribution in [2.75, 3.05) is 0 Å². The maximum atomic E-state index is 12.4. The van der Waals surface area contributed by atoms with E-state index in [-0.39, 0.29) is 5.82 Å². The van der Waals surface area contributed by atoms with Crippen LogP contribution in [0.1, 0.15) is 18.5 Å². The average Bonchev–Trinajstić information content (AvgIpc) is 2.05. The minimum Gasteiger partial charge on any atom is -0.473 e. The highest BCUT2D eigenvalue weighted by Gasteiger charge is 2.01. The van der Waals surface area contributed by atoms with Crippen molar-refractivity contribution in [1.82, 2.24) is 0 Å². The molecule has 1 nitrogen and oxygen atoms in total. The van der Waals surface area contributed by atoms with E-state index in [2.05, 4.69) is 7.05 Å². The maximum absolute atomic E-state index is 12.4. The van der Waals surface area contributed by atoms with E-state index in [1.807, 2.05) is 12.2 Å². The first kappa shape index (κ1) is 8.21. The summed E-state index contributed by atoms with van der Waals surface area (Å²) in [6.07, 6.45) is 0. The van der Waals surface area contributed by atoms with Crippen LogP contribution >= 0.6 is 0 Å². The molecule has 1 aromatic rings. The van der Waals surface area contributed by atoms with Gasteiger partial charge >= 0.3 is 0 Å². The Kier molecular flexibility index (Phi) is 2.60. The second kappa shape index (κ2) is 3.49. The van der Waals surface area contributed by atoms with Crippen LogP contribution in [0.3, 0.4) is 0 Å². The predicted molar refractivity (Wildman–Crippen MR) is 42.1 cm³/mol. The second-order valence-corrected chi connectivity index (χ2v) is 2.58. The van der Waals surface area contributed by atoms with Crippen molar-refractivity contribution in [3.63, 3.8) is 0 Å². The van der Waals surface area contributed by atoms with Crippen molar-refractivity contribution >= 4 is 0 Å². The molecule has 11 heavy (non-hydrogen) atoms. The van der Waals surface area contributed by atoms with Crippen molar-refractivity contribution in [3.05, 3.63) is 42.7 Å². The number of benzene rings is 1. The Morgan fingerprint density at radius 2 is 1.91 bits per heavy atom. The summed E-state index contributed by atoms with van der Waals surface area (Å²) in [5.74, 6) is -0.190. The van der Waals surface area contributed by atoms with Crippen LogP contribution in [0.2, 0.25) is 0 Å². The first-order valence-corrected chi connectivity index (χ1v) is 3.62. The molecule has 0 radical (unpaired) electrons. The molecule has 0 heterocycles. The maximum Gasteiger partial charge on any atom is 0.123 e. The summed E-state index contributed by atoms with van der Waals surface area (Å²) in [6, 6.07) is 6.80. The molecule has 0 aliphatic carbocycles. The first-order chi connectivity index (χ1) is 5.24. The fraction of sp³-hybridized carbons (Fsp3) is 0.222. The summed E-state index contributed by atoms with van der Waals surface area (Å²) in [5.41, 5.74) is 1.10. The Labute approximate surface area is 66.2 Å². The zero-order valence-electron chi connectivity index (χ0n) is 6.55. The van der Waals surface area contributed by atoms with Gasteiger partial charge in [0.25, 0.3) is 0 Å². The minimum absolute atomic E-state index is 0.190. The van der Waals surface area contributed by atoms with E-state index in [4.69, 9.17) is 0 Å². The molecule has 0 unspecified atom stereocenters. The lowest BCUT2D eigenvalue weighted by Gasteiger charge is -2.10. The standard InChI is InChI=1S/C9H12FN/c1-7(11-2)8-3-5-9(10)6-4-8/h3-7H,2,11H2,1H3/t7-/m1/s1. The molecular weight excluding hydrogens is 141 g/mol. The number of halogens is 1. The highest BCUT2D eigenvalue weighted by molar-refractivity contribution is 5.17. The van der Waals surface area contributed by atoms with Gasteiger partial charge in [0.05, 0.1) is 6.04 Å². The van der Waals surface area contributed by atoms with Crippen LogP contribution in [0.25, 0.3) is 0 Å². The molecule has 0 saturated carbocycles. The fourth-order valence-corrected chi connectivity index (χ4v) is 0.902. The zero-order chi connectivity index (χ0) is 8.27. The number of hydrogen-bond donors (Lipinski definition) is 1. The van der Waals surface area contributed by atoms with E-state index < -0.39 is 0 Å². The van der Waals surface area contributed by atoms with Gasteiger partial charge in [-0.2, -0.15) is 7.05 Å². The minimum atomic E-state index is -0.190. The summed E-state index contributed by atoms with van der Waals surface area (Å²) in [6.45, 7) is 2.03. The van der Waals surface area contributed by atoms with E-state index in [9.17, 15) is 4.39 Å². The van der Waals surface area contributed by atoms with Crippen LogP contribution in [0.4, 0.5) is 4.39 Å². The third kappa shape index (κ3) is 2.02. The summed E-state index contributed by atoms with van der Waals surface area (Å²) in [4.78, 5) is 0. The number of nitrogens with two attached hydrogens (primary N) is 1. The zero-order valence-corrected chi connectivity index (χ0v) is 6.55. The van der Waals surface area contributed by atoms with Gasteiger partial charge in [-0.25, -0.2) is 4.39 Å². The van der Waals surface area contributed by atoms with Crippen molar-refractivity contribution in [2.45, 2.75) is 13.0 Å². The number of rotatable bonds is 2. The first-order valence-electron chi connectivity index (χ1n) is 3.62. The van der Waals surface area contributed by atoms with Gasteiger partial charge in [-0.05, 0) is 19.1 Å². The highest BCUT2D eigenvalue weighted by atomic mass is 19.1. The van der Waals surface area contributed by atoms with Gasteiger partial charge in [-0.15, -0.1) is 0 Å². The van der Waals surface area contributed by atoms with Crippen LogP contribution in [0, 0.1) is 12.9 Å². The van der Waals surface area contributed by atoms with Crippen molar-refractivity contribution < 1.29 is 9.71 Å². The van der Waals surface area contributed by atoms with Gasteiger partial charge in [0, 0.05) is 5.56 Å². The smallest absolute Gasteiger partial charge is 0.123 e. The Morgan fingerprint density at radius 3 is 2.36 bits per heavy atom. The van der Waals surface area contributed by atoms with E-state index in [1.54, 1.807) is 12.1 Å². The molecule has 0 amide bonds.